The fraction of sp³-hybridized carbons (Fsp3) is 0.950. The Kier molecular flexibility index (Phi) is 10.2. The minimum atomic E-state index is -1.62. The van der Waals surface area contributed by atoms with E-state index in [1.807, 2.05) is 13.8 Å². The zero-order chi connectivity index (χ0) is 24.2. The van der Waals surface area contributed by atoms with Gasteiger partial charge >= 0.3 is 5.97 Å². The van der Waals surface area contributed by atoms with Crippen molar-refractivity contribution in [2.75, 3.05) is 6.61 Å². The summed E-state index contributed by atoms with van der Waals surface area (Å²) in [4.78, 5) is 10.9. The van der Waals surface area contributed by atoms with E-state index in [9.17, 15) is 35.4 Å². The molecular weight excluding hydrogens is 432 g/mol. The van der Waals surface area contributed by atoms with Crippen molar-refractivity contribution in [3.05, 3.63) is 0 Å². The quantitative estimate of drug-likeness (QED) is 0.175. The number of hydrogen-bond acceptors (Lipinski definition) is 11. The summed E-state index contributed by atoms with van der Waals surface area (Å²) in [5.74, 6) is -1.28. The summed E-state index contributed by atoms with van der Waals surface area (Å²) in [6.45, 7) is 4.66. The van der Waals surface area contributed by atoms with E-state index in [0.717, 1.165) is 0 Å². The molecule has 2 rings (SSSR count). The number of carboxylic acids is 1. The van der Waals surface area contributed by atoms with E-state index in [-0.39, 0.29) is 12.3 Å². The Labute approximate surface area is 186 Å². The molecule has 188 valence electrons. The van der Waals surface area contributed by atoms with E-state index in [1.54, 1.807) is 0 Å². The number of hydrogen-bond donors (Lipinski definition) is 7. The van der Waals surface area contributed by atoms with Crippen LogP contribution in [-0.4, -0.2) is 116 Å². The average Bonchev–Trinajstić information content (AvgIpc) is 3.03. The Bertz CT molecular complexity index is 591. The molecule has 0 aromatic carbocycles. The van der Waals surface area contributed by atoms with E-state index in [2.05, 4.69) is 0 Å². The Balaban J connectivity index is 2.16. The summed E-state index contributed by atoms with van der Waals surface area (Å²) < 4.78 is 22.6. The standard InChI is InChI=1S/C20H36O12/c1-4-8(2)11(5-10(22)6-13(23)24)30-20-18(15(26)12(7-21)31-20)32-19-17(28)16(27)14(25)9(3)29-19/h8-12,14-22,25-28H,4-7H2,1-3H3,(H,23,24)/t8-,9-,10+,11-,12-,14-,15-,16+,17+,18+,19-,20+/m0/s1. The molecule has 0 aliphatic carbocycles. The van der Waals surface area contributed by atoms with Gasteiger partial charge in [-0.2, -0.15) is 0 Å². The smallest absolute Gasteiger partial charge is 0.305 e. The Hall–Kier alpha value is -0.930. The summed E-state index contributed by atoms with van der Waals surface area (Å²) in [5.41, 5.74) is 0. The van der Waals surface area contributed by atoms with Crippen molar-refractivity contribution in [1.82, 2.24) is 0 Å². The second-order valence-corrected chi connectivity index (χ2v) is 8.55. The first-order valence-electron chi connectivity index (χ1n) is 10.8. The Morgan fingerprint density at radius 2 is 1.69 bits per heavy atom. The molecule has 12 heteroatoms. The molecule has 12 nitrogen and oxygen atoms in total. The molecule has 2 saturated heterocycles. The molecule has 0 bridgehead atoms. The number of carboxylic acid groups (broad SMARTS) is 1. The predicted octanol–water partition coefficient (Wildman–Crippen LogP) is -2.07. The highest BCUT2D eigenvalue weighted by molar-refractivity contribution is 5.67. The maximum absolute atomic E-state index is 10.9. The average molecular weight is 468 g/mol. The monoisotopic (exact) mass is 468 g/mol. The van der Waals surface area contributed by atoms with Gasteiger partial charge in [0.25, 0.3) is 0 Å². The van der Waals surface area contributed by atoms with Gasteiger partial charge in [0.2, 0.25) is 0 Å². The van der Waals surface area contributed by atoms with Gasteiger partial charge in [0.15, 0.2) is 12.6 Å². The van der Waals surface area contributed by atoms with Crippen molar-refractivity contribution in [3.8, 4) is 0 Å². The number of aliphatic hydroxyl groups excluding tert-OH is 6. The van der Waals surface area contributed by atoms with Crippen LogP contribution in [0.3, 0.4) is 0 Å². The normalized spacial score (nSPS) is 40.7. The van der Waals surface area contributed by atoms with Crippen molar-refractivity contribution in [1.29, 1.82) is 0 Å². The van der Waals surface area contributed by atoms with E-state index in [0.29, 0.717) is 6.42 Å². The fourth-order valence-electron chi connectivity index (χ4n) is 3.80. The van der Waals surface area contributed by atoms with Crippen molar-refractivity contribution < 1.29 is 59.5 Å². The first kappa shape index (κ1) is 27.3. The second-order valence-electron chi connectivity index (χ2n) is 8.55. The minimum Gasteiger partial charge on any atom is -0.481 e. The molecule has 12 atom stereocenters. The fourth-order valence-corrected chi connectivity index (χ4v) is 3.80. The number of ether oxygens (including phenoxy) is 4. The summed E-state index contributed by atoms with van der Waals surface area (Å²) in [7, 11) is 0. The zero-order valence-corrected chi connectivity index (χ0v) is 18.4. The van der Waals surface area contributed by atoms with Crippen LogP contribution in [0.25, 0.3) is 0 Å². The van der Waals surface area contributed by atoms with Crippen LogP contribution in [0.1, 0.15) is 40.0 Å². The van der Waals surface area contributed by atoms with Gasteiger partial charge in [0, 0.05) is 6.42 Å². The number of aliphatic hydroxyl groups is 6. The van der Waals surface area contributed by atoms with Gasteiger partial charge < -0.3 is 54.7 Å². The van der Waals surface area contributed by atoms with Crippen LogP contribution < -0.4 is 0 Å². The maximum atomic E-state index is 10.9. The molecule has 0 amide bonds. The summed E-state index contributed by atoms with van der Waals surface area (Å²) in [5, 5.41) is 69.2. The van der Waals surface area contributed by atoms with E-state index in [4.69, 9.17) is 24.1 Å². The third-order valence-electron chi connectivity index (χ3n) is 6.08. The van der Waals surface area contributed by atoms with E-state index < -0.39 is 86.5 Å². The molecular formula is C20H36O12. The summed E-state index contributed by atoms with van der Waals surface area (Å²) in [6, 6.07) is 0. The first-order valence-corrected chi connectivity index (χ1v) is 10.8. The van der Waals surface area contributed by atoms with Gasteiger partial charge in [-0.3, -0.25) is 4.79 Å². The maximum Gasteiger partial charge on any atom is 0.305 e. The van der Waals surface area contributed by atoms with Crippen LogP contribution in [0.5, 0.6) is 0 Å². The number of aliphatic carboxylic acids is 1. The van der Waals surface area contributed by atoms with Crippen LogP contribution in [0, 0.1) is 5.92 Å². The topological polar surface area (TPSA) is 196 Å². The number of rotatable bonds is 11. The highest BCUT2D eigenvalue weighted by Crippen LogP contribution is 2.32. The molecule has 0 radical (unpaired) electrons. The van der Waals surface area contributed by atoms with Crippen LogP contribution in [-0.2, 0) is 23.7 Å². The molecule has 0 unspecified atom stereocenters. The first-order chi connectivity index (χ1) is 15.0. The molecule has 0 spiro atoms. The van der Waals surface area contributed by atoms with Crippen LogP contribution >= 0.6 is 0 Å². The Morgan fingerprint density at radius 3 is 2.25 bits per heavy atom. The molecule has 32 heavy (non-hydrogen) atoms. The van der Waals surface area contributed by atoms with E-state index in [1.165, 1.54) is 6.92 Å². The zero-order valence-electron chi connectivity index (χ0n) is 18.4. The molecule has 0 aromatic rings. The largest absolute Gasteiger partial charge is 0.481 e. The van der Waals surface area contributed by atoms with Crippen molar-refractivity contribution in [3.63, 3.8) is 0 Å². The van der Waals surface area contributed by atoms with Gasteiger partial charge in [-0.1, -0.05) is 20.3 Å². The molecule has 7 N–H and O–H groups in total. The SMILES string of the molecule is CC[C@H](C)[C@H](C[C@@H](O)CC(=O)O)O[C@@H]1O[C@@H](CO)[C@H](O)[C@H]1O[C@@H]1O[C@@H](C)[C@H](O)[C@@H](O)[C@H]1O. The predicted molar refractivity (Wildman–Crippen MR) is 106 cm³/mol. The minimum absolute atomic E-state index is 0.0156. The molecule has 2 fully saturated rings. The lowest BCUT2D eigenvalue weighted by Gasteiger charge is -2.40. The highest BCUT2D eigenvalue weighted by atomic mass is 16.8. The van der Waals surface area contributed by atoms with Crippen molar-refractivity contribution in [2.45, 2.75) is 108 Å². The molecule has 2 aliphatic rings. The lowest BCUT2D eigenvalue weighted by Crippen LogP contribution is -2.59. The molecule has 2 aliphatic heterocycles. The lowest BCUT2D eigenvalue weighted by atomic mass is 9.95. The van der Waals surface area contributed by atoms with Crippen LogP contribution in [0.4, 0.5) is 0 Å². The van der Waals surface area contributed by atoms with Gasteiger partial charge in [-0.05, 0) is 12.8 Å². The third kappa shape index (κ3) is 6.56. The molecule has 2 heterocycles. The second kappa shape index (κ2) is 12.0. The van der Waals surface area contributed by atoms with Gasteiger partial charge in [0.1, 0.15) is 36.6 Å². The van der Waals surface area contributed by atoms with Gasteiger partial charge in [-0.25, -0.2) is 0 Å². The molecule has 0 aromatic heterocycles. The van der Waals surface area contributed by atoms with E-state index >= 15 is 0 Å². The number of carbonyl (C=O) groups is 1. The van der Waals surface area contributed by atoms with Gasteiger partial charge in [-0.15, -0.1) is 0 Å². The van der Waals surface area contributed by atoms with Gasteiger partial charge in [0.05, 0.1) is 31.3 Å². The van der Waals surface area contributed by atoms with Crippen LogP contribution in [0.15, 0.2) is 0 Å². The van der Waals surface area contributed by atoms with Crippen LogP contribution in [0.2, 0.25) is 0 Å². The third-order valence-corrected chi connectivity index (χ3v) is 6.08. The lowest BCUT2D eigenvalue weighted by molar-refractivity contribution is -0.324. The highest BCUT2D eigenvalue weighted by Gasteiger charge is 2.51. The van der Waals surface area contributed by atoms with Crippen molar-refractivity contribution >= 4 is 5.97 Å². The van der Waals surface area contributed by atoms with Crippen molar-refractivity contribution in [2.24, 2.45) is 5.92 Å². The summed E-state index contributed by atoms with van der Waals surface area (Å²) in [6.07, 6.45) is -13.4. The summed E-state index contributed by atoms with van der Waals surface area (Å²) >= 11 is 0. The molecule has 0 saturated carbocycles. The Morgan fingerprint density at radius 1 is 1.03 bits per heavy atom.